The van der Waals surface area contributed by atoms with Gasteiger partial charge in [0.15, 0.2) is 0 Å². The predicted octanol–water partition coefficient (Wildman–Crippen LogP) is 1.14. The fourth-order valence-corrected chi connectivity index (χ4v) is 2.17. The van der Waals surface area contributed by atoms with Crippen LogP contribution >= 0.6 is 0 Å². The second-order valence-corrected chi connectivity index (χ2v) is 5.17. The maximum absolute atomic E-state index is 12.1. The van der Waals surface area contributed by atoms with Crippen molar-refractivity contribution in [2.45, 2.75) is 6.92 Å². The lowest BCUT2D eigenvalue weighted by Crippen LogP contribution is -2.41. The number of rotatable bonds is 5. The van der Waals surface area contributed by atoms with Crippen LogP contribution in [0.5, 0.6) is 5.75 Å². The SMILES string of the molecule is CCOc1ccc(C(=O)NNC(=O)c2ccc(-n3cnnn3)cc2)cc1. The van der Waals surface area contributed by atoms with E-state index in [0.717, 1.165) is 0 Å². The van der Waals surface area contributed by atoms with E-state index in [4.69, 9.17) is 4.74 Å². The summed E-state index contributed by atoms with van der Waals surface area (Å²) in [6.07, 6.45) is 1.45. The Labute approximate surface area is 148 Å². The summed E-state index contributed by atoms with van der Waals surface area (Å²) in [5.41, 5.74) is 6.25. The number of carbonyl (C=O) groups is 2. The number of benzene rings is 2. The minimum atomic E-state index is -0.437. The van der Waals surface area contributed by atoms with Gasteiger partial charge in [0.25, 0.3) is 11.8 Å². The van der Waals surface area contributed by atoms with Crippen molar-refractivity contribution in [1.29, 1.82) is 0 Å². The van der Waals surface area contributed by atoms with E-state index in [1.807, 2.05) is 6.92 Å². The van der Waals surface area contributed by atoms with Crippen molar-refractivity contribution >= 4 is 11.8 Å². The fraction of sp³-hybridized carbons (Fsp3) is 0.118. The third kappa shape index (κ3) is 4.01. The van der Waals surface area contributed by atoms with Gasteiger partial charge in [-0.25, -0.2) is 4.68 Å². The lowest BCUT2D eigenvalue weighted by atomic mass is 10.2. The van der Waals surface area contributed by atoms with Gasteiger partial charge in [-0.2, -0.15) is 0 Å². The number of nitrogens with zero attached hydrogens (tertiary/aromatic N) is 4. The van der Waals surface area contributed by atoms with Gasteiger partial charge in [0, 0.05) is 11.1 Å². The molecule has 3 rings (SSSR count). The number of amides is 2. The monoisotopic (exact) mass is 352 g/mol. The summed E-state index contributed by atoms with van der Waals surface area (Å²) in [5.74, 6) is -0.185. The second-order valence-electron chi connectivity index (χ2n) is 5.17. The van der Waals surface area contributed by atoms with Crippen LogP contribution in [-0.2, 0) is 0 Å². The van der Waals surface area contributed by atoms with Crippen molar-refractivity contribution in [3.05, 3.63) is 66.0 Å². The standard InChI is InChI=1S/C17H16N6O3/c1-2-26-15-9-5-13(6-10-15)17(25)20-19-16(24)12-3-7-14(8-4-12)23-11-18-21-22-23/h3-11H,2H2,1H3,(H,19,24)(H,20,25). The van der Waals surface area contributed by atoms with Crippen LogP contribution in [0, 0.1) is 0 Å². The first kappa shape index (κ1) is 17.1. The first-order valence-electron chi connectivity index (χ1n) is 7.84. The van der Waals surface area contributed by atoms with Gasteiger partial charge in [-0.05, 0) is 65.9 Å². The Bertz CT molecular complexity index is 876. The molecule has 0 saturated heterocycles. The normalized spacial score (nSPS) is 10.2. The van der Waals surface area contributed by atoms with Crippen molar-refractivity contribution in [3.63, 3.8) is 0 Å². The quantitative estimate of drug-likeness (QED) is 0.666. The Kier molecular flexibility index (Phi) is 5.18. The summed E-state index contributed by atoms with van der Waals surface area (Å²) >= 11 is 0. The molecular weight excluding hydrogens is 336 g/mol. The Morgan fingerprint density at radius 3 is 2.04 bits per heavy atom. The molecule has 2 aromatic carbocycles. The average molecular weight is 352 g/mol. The molecule has 0 aliphatic carbocycles. The van der Waals surface area contributed by atoms with Crippen LogP contribution in [-0.4, -0.2) is 38.6 Å². The highest BCUT2D eigenvalue weighted by molar-refractivity contribution is 5.99. The van der Waals surface area contributed by atoms with E-state index in [2.05, 4.69) is 26.4 Å². The average Bonchev–Trinajstić information content (AvgIpc) is 3.21. The molecule has 132 valence electrons. The molecule has 0 saturated carbocycles. The number of hydrogen-bond acceptors (Lipinski definition) is 6. The van der Waals surface area contributed by atoms with Crippen LogP contribution in [0.15, 0.2) is 54.9 Å². The molecule has 26 heavy (non-hydrogen) atoms. The van der Waals surface area contributed by atoms with Crippen molar-refractivity contribution in [2.75, 3.05) is 6.61 Å². The van der Waals surface area contributed by atoms with Crippen LogP contribution in [0.4, 0.5) is 0 Å². The number of tetrazole rings is 1. The Morgan fingerprint density at radius 1 is 0.962 bits per heavy atom. The lowest BCUT2D eigenvalue weighted by Gasteiger charge is -2.09. The van der Waals surface area contributed by atoms with Gasteiger partial charge < -0.3 is 4.74 Å². The molecule has 2 N–H and O–H groups in total. The zero-order valence-electron chi connectivity index (χ0n) is 13.9. The molecule has 1 heterocycles. The molecule has 0 aliphatic rings. The summed E-state index contributed by atoms with van der Waals surface area (Å²) in [6, 6.07) is 13.2. The van der Waals surface area contributed by atoms with Gasteiger partial charge in [0.2, 0.25) is 0 Å². The molecule has 0 unspecified atom stereocenters. The molecule has 3 aromatic rings. The first-order valence-corrected chi connectivity index (χ1v) is 7.84. The van der Waals surface area contributed by atoms with Gasteiger partial charge in [-0.1, -0.05) is 0 Å². The molecule has 9 nitrogen and oxygen atoms in total. The second kappa shape index (κ2) is 7.88. The van der Waals surface area contributed by atoms with Crippen LogP contribution in [0.1, 0.15) is 27.6 Å². The molecule has 0 bridgehead atoms. The maximum Gasteiger partial charge on any atom is 0.269 e. The van der Waals surface area contributed by atoms with E-state index in [1.165, 1.54) is 11.0 Å². The topological polar surface area (TPSA) is 111 Å². The highest BCUT2D eigenvalue weighted by Gasteiger charge is 2.10. The number of hydrazine groups is 1. The van der Waals surface area contributed by atoms with Crippen molar-refractivity contribution in [1.82, 2.24) is 31.1 Å². The van der Waals surface area contributed by atoms with Gasteiger partial charge in [-0.3, -0.25) is 20.4 Å². The highest BCUT2D eigenvalue weighted by Crippen LogP contribution is 2.12. The van der Waals surface area contributed by atoms with Crippen molar-refractivity contribution < 1.29 is 14.3 Å². The molecule has 1 aromatic heterocycles. The van der Waals surface area contributed by atoms with Crippen LogP contribution < -0.4 is 15.6 Å². The highest BCUT2D eigenvalue weighted by atomic mass is 16.5. The smallest absolute Gasteiger partial charge is 0.269 e. The zero-order chi connectivity index (χ0) is 18.4. The van der Waals surface area contributed by atoms with Gasteiger partial charge >= 0.3 is 0 Å². The lowest BCUT2D eigenvalue weighted by molar-refractivity contribution is 0.0846. The molecule has 0 aliphatic heterocycles. The largest absolute Gasteiger partial charge is 0.494 e. The van der Waals surface area contributed by atoms with Gasteiger partial charge in [0.1, 0.15) is 12.1 Å². The molecule has 0 fully saturated rings. The minimum absolute atomic E-state index is 0.383. The number of carbonyl (C=O) groups excluding carboxylic acids is 2. The van der Waals surface area contributed by atoms with Gasteiger partial charge in [0.05, 0.1) is 12.3 Å². The summed E-state index contributed by atoms with van der Waals surface area (Å²) in [5, 5.41) is 10.9. The maximum atomic E-state index is 12.1. The predicted molar refractivity (Wildman–Crippen MR) is 91.7 cm³/mol. The van der Waals surface area contributed by atoms with E-state index in [1.54, 1.807) is 48.5 Å². The van der Waals surface area contributed by atoms with Crippen LogP contribution in [0.25, 0.3) is 5.69 Å². The third-order valence-corrected chi connectivity index (χ3v) is 3.46. The fourth-order valence-electron chi connectivity index (χ4n) is 2.17. The van der Waals surface area contributed by atoms with Crippen LogP contribution in [0.2, 0.25) is 0 Å². The molecule has 2 amide bonds. The third-order valence-electron chi connectivity index (χ3n) is 3.46. The summed E-state index contributed by atoms with van der Waals surface area (Å²) in [7, 11) is 0. The van der Waals surface area contributed by atoms with E-state index < -0.39 is 11.8 Å². The number of aromatic nitrogens is 4. The number of hydrogen-bond donors (Lipinski definition) is 2. The summed E-state index contributed by atoms with van der Waals surface area (Å²) in [4.78, 5) is 24.2. The van der Waals surface area contributed by atoms with Crippen molar-refractivity contribution in [3.8, 4) is 11.4 Å². The number of ether oxygens (including phenoxy) is 1. The van der Waals surface area contributed by atoms with E-state index >= 15 is 0 Å². The molecule has 0 spiro atoms. The Morgan fingerprint density at radius 2 is 1.54 bits per heavy atom. The van der Waals surface area contributed by atoms with E-state index in [0.29, 0.717) is 29.2 Å². The Hall–Kier alpha value is -3.75. The van der Waals surface area contributed by atoms with E-state index in [-0.39, 0.29) is 0 Å². The number of nitrogens with one attached hydrogen (secondary N) is 2. The zero-order valence-corrected chi connectivity index (χ0v) is 13.9. The Balaban J connectivity index is 1.57. The van der Waals surface area contributed by atoms with E-state index in [9.17, 15) is 9.59 Å². The summed E-state index contributed by atoms with van der Waals surface area (Å²) < 4.78 is 6.79. The summed E-state index contributed by atoms with van der Waals surface area (Å²) in [6.45, 7) is 2.43. The van der Waals surface area contributed by atoms with Gasteiger partial charge in [-0.15, -0.1) is 5.10 Å². The first-order chi connectivity index (χ1) is 12.7. The minimum Gasteiger partial charge on any atom is -0.494 e. The molecule has 0 radical (unpaired) electrons. The molecule has 0 atom stereocenters. The van der Waals surface area contributed by atoms with Crippen LogP contribution in [0.3, 0.4) is 0 Å². The molecule has 9 heteroatoms. The van der Waals surface area contributed by atoms with Crippen molar-refractivity contribution in [2.24, 2.45) is 0 Å². The molecular formula is C17H16N6O3.